The Hall–Kier alpha value is -3.06. The molecular formula is C28H31N2O5P. The maximum Gasteiger partial charge on any atom is 0.342 e. The Balaban J connectivity index is 1.65. The minimum absolute atomic E-state index is 0.179. The highest BCUT2D eigenvalue weighted by atomic mass is 31.2. The maximum absolute atomic E-state index is 13.5. The van der Waals surface area contributed by atoms with Crippen molar-refractivity contribution in [1.82, 2.24) is 5.32 Å². The first-order chi connectivity index (χ1) is 17.4. The van der Waals surface area contributed by atoms with Crippen LogP contribution in [0.15, 0.2) is 78.9 Å². The number of aliphatic hydroxyl groups excluding tert-OH is 1. The van der Waals surface area contributed by atoms with Gasteiger partial charge in [-0.3, -0.25) is 9.36 Å². The van der Waals surface area contributed by atoms with Crippen LogP contribution in [0.2, 0.25) is 0 Å². The van der Waals surface area contributed by atoms with Gasteiger partial charge in [0.15, 0.2) is 5.66 Å². The van der Waals surface area contributed by atoms with Crippen molar-refractivity contribution < 1.29 is 24.3 Å². The number of rotatable bonds is 11. The third-order valence-electron chi connectivity index (χ3n) is 6.26. The van der Waals surface area contributed by atoms with Gasteiger partial charge in [-0.05, 0) is 70.6 Å². The lowest BCUT2D eigenvalue weighted by atomic mass is 10.0. The number of hydrogen-bond donors (Lipinski definition) is 5. The van der Waals surface area contributed by atoms with Crippen LogP contribution in [-0.4, -0.2) is 34.0 Å². The van der Waals surface area contributed by atoms with E-state index in [9.17, 15) is 19.1 Å². The summed E-state index contributed by atoms with van der Waals surface area (Å²) in [5.74, 6) is -0.751. The second-order valence-corrected chi connectivity index (χ2v) is 10.6. The van der Waals surface area contributed by atoms with Crippen molar-refractivity contribution in [1.29, 1.82) is 0 Å². The summed E-state index contributed by atoms with van der Waals surface area (Å²) in [7, 11) is -4.84. The average molecular weight is 507 g/mol. The van der Waals surface area contributed by atoms with Crippen molar-refractivity contribution in [3.8, 4) is 0 Å². The predicted octanol–water partition coefficient (Wildman–Crippen LogP) is 5.10. The minimum Gasteiger partial charge on any atom is -0.396 e. The van der Waals surface area contributed by atoms with Crippen LogP contribution in [0.4, 0.5) is 5.69 Å². The van der Waals surface area contributed by atoms with E-state index in [4.69, 9.17) is 5.11 Å². The summed E-state index contributed by atoms with van der Waals surface area (Å²) in [6, 6.07) is 24.0. The molecule has 0 bridgehead atoms. The Bertz CT molecular complexity index is 1400. The molecule has 0 aliphatic rings. The van der Waals surface area contributed by atoms with Crippen molar-refractivity contribution in [2.45, 2.75) is 31.5 Å². The van der Waals surface area contributed by atoms with E-state index in [-0.39, 0.29) is 6.61 Å². The van der Waals surface area contributed by atoms with Gasteiger partial charge in [0.1, 0.15) is 0 Å². The van der Waals surface area contributed by atoms with E-state index in [0.29, 0.717) is 23.2 Å². The van der Waals surface area contributed by atoms with Gasteiger partial charge in [-0.25, -0.2) is 0 Å². The van der Waals surface area contributed by atoms with Crippen LogP contribution in [0.1, 0.15) is 36.0 Å². The molecule has 0 spiro atoms. The number of fused-ring (bicyclic) bond motifs is 2. The summed E-state index contributed by atoms with van der Waals surface area (Å²) in [6.45, 7) is 1.41. The van der Waals surface area contributed by atoms with Gasteiger partial charge in [0.25, 0.3) is 0 Å². The highest BCUT2D eigenvalue weighted by molar-refractivity contribution is 7.53. The van der Waals surface area contributed by atoms with E-state index in [0.717, 1.165) is 47.5 Å². The number of nitrogens with one attached hydrogen (secondary N) is 2. The number of carbonyl (C=O) groups excluding carboxylic acids is 1. The number of benzene rings is 4. The minimum atomic E-state index is -4.84. The Labute approximate surface area is 210 Å². The molecule has 0 saturated heterocycles. The Morgan fingerprint density at radius 3 is 2.22 bits per heavy atom. The molecule has 0 aliphatic carbocycles. The van der Waals surface area contributed by atoms with Crippen LogP contribution in [0.5, 0.6) is 0 Å². The first-order valence-corrected chi connectivity index (χ1v) is 13.7. The van der Waals surface area contributed by atoms with Crippen LogP contribution in [0.3, 0.4) is 0 Å². The standard InChI is InChI=1S/C28H31N2O5P/c31-16-7-1-6-15-29-19-23-17-21-10-2-3-11-22(21)18-26(23)30-28(32)27(36(33,34)35)25-14-8-12-20-9-4-5-13-24(20)25/h2-5,8-14,17-18,27,29,31H,1,6-7,15-16,19H2,(H,30,32)(H2,33,34,35). The summed E-state index contributed by atoms with van der Waals surface area (Å²) in [4.78, 5) is 34.0. The average Bonchev–Trinajstić information content (AvgIpc) is 2.85. The van der Waals surface area contributed by atoms with E-state index >= 15 is 0 Å². The molecule has 0 fully saturated rings. The second kappa shape index (κ2) is 11.8. The normalized spacial score (nSPS) is 12.6. The van der Waals surface area contributed by atoms with Crippen LogP contribution in [0.25, 0.3) is 21.5 Å². The summed E-state index contributed by atoms with van der Waals surface area (Å²) in [5.41, 5.74) is -0.00974. The Kier molecular flexibility index (Phi) is 8.52. The number of carbonyl (C=O) groups is 1. The zero-order chi connectivity index (χ0) is 25.5. The largest absolute Gasteiger partial charge is 0.396 e. The molecule has 4 rings (SSSR count). The zero-order valence-corrected chi connectivity index (χ0v) is 20.8. The smallest absolute Gasteiger partial charge is 0.342 e. The summed E-state index contributed by atoms with van der Waals surface area (Å²) in [5, 5.41) is 18.5. The Morgan fingerprint density at radius 2 is 1.50 bits per heavy atom. The maximum atomic E-state index is 13.5. The summed E-state index contributed by atoms with van der Waals surface area (Å²) in [6.07, 6.45) is 2.59. The van der Waals surface area contributed by atoms with Crippen LogP contribution in [-0.2, 0) is 15.9 Å². The van der Waals surface area contributed by atoms with Gasteiger partial charge < -0.3 is 25.5 Å². The fraction of sp³-hybridized carbons (Fsp3) is 0.250. The lowest BCUT2D eigenvalue weighted by molar-refractivity contribution is -0.116. The molecule has 4 aromatic rings. The van der Waals surface area contributed by atoms with Crippen molar-refractivity contribution >= 4 is 40.7 Å². The SMILES string of the molecule is O=C(Nc1cc2ccccc2cc1CNCCCCCO)C(c1cccc2ccccc12)P(=O)(O)O. The molecule has 4 aromatic carbocycles. The predicted molar refractivity (Wildman–Crippen MR) is 144 cm³/mol. The number of unbranched alkanes of at least 4 members (excludes halogenated alkanes) is 2. The molecule has 36 heavy (non-hydrogen) atoms. The molecule has 7 nitrogen and oxygen atoms in total. The monoisotopic (exact) mass is 506 g/mol. The van der Waals surface area contributed by atoms with Gasteiger partial charge in [0, 0.05) is 18.8 Å². The highest BCUT2D eigenvalue weighted by Gasteiger charge is 2.38. The van der Waals surface area contributed by atoms with Gasteiger partial charge in [0.2, 0.25) is 5.91 Å². The van der Waals surface area contributed by atoms with Crippen molar-refractivity contribution in [3.05, 3.63) is 90.0 Å². The van der Waals surface area contributed by atoms with Gasteiger partial charge in [-0.1, -0.05) is 66.7 Å². The molecule has 1 atom stereocenters. The third kappa shape index (κ3) is 6.19. The number of amides is 1. The van der Waals surface area contributed by atoms with Crippen molar-refractivity contribution in [2.75, 3.05) is 18.5 Å². The fourth-order valence-corrected chi connectivity index (χ4v) is 5.43. The van der Waals surface area contributed by atoms with Gasteiger partial charge in [-0.15, -0.1) is 0 Å². The number of hydrogen-bond acceptors (Lipinski definition) is 4. The molecule has 0 saturated carbocycles. The molecule has 5 N–H and O–H groups in total. The molecule has 188 valence electrons. The fourth-order valence-electron chi connectivity index (χ4n) is 4.48. The molecule has 0 aromatic heterocycles. The molecule has 1 amide bonds. The lowest BCUT2D eigenvalue weighted by Crippen LogP contribution is -2.23. The van der Waals surface area contributed by atoms with E-state index < -0.39 is 19.2 Å². The lowest BCUT2D eigenvalue weighted by Gasteiger charge is -2.21. The molecule has 1 unspecified atom stereocenters. The van der Waals surface area contributed by atoms with Crippen molar-refractivity contribution in [3.63, 3.8) is 0 Å². The van der Waals surface area contributed by atoms with Crippen LogP contribution in [0, 0.1) is 0 Å². The molecule has 0 radical (unpaired) electrons. The molecule has 0 aliphatic heterocycles. The number of aliphatic hydroxyl groups is 1. The van der Waals surface area contributed by atoms with Crippen molar-refractivity contribution in [2.24, 2.45) is 0 Å². The van der Waals surface area contributed by atoms with E-state index in [1.165, 1.54) is 0 Å². The van der Waals surface area contributed by atoms with Crippen LogP contribution < -0.4 is 10.6 Å². The second-order valence-electron chi connectivity index (χ2n) is 8.87. The number of anilines is 1. The van der Waals surface area contributed by atoms with E-state index in [2.05, 4.69) is 10.6 Å². The Morgan fingerprint density at radius 1 is 0.833 bits per heavy atom. The molecule has 8 heteroatoms. The zero-order valence-electron chi connectivity index (χ0n) is 19.9. The first-order valence-electron chi connectivity index (χ1n) is 12.1. The topological polar surface area (TPSA) is 119 Å². The van der Waals surface area contributed by atoms with Crippen LogP contribution >= 0.6 is 7.60 Å². The quantitative estimate of drug-likeness (QED) is 0.143. The van der Waals surface area contributed by atoms with Gasteiger partial charge in [-0.2, -0.15) is 0 Å². The molecule has 0 heterocycles. The first kappa shape index (κ1) is 26.0. The van der Waals surface area contributed by atoms with Gasteiger partial charge >= 0.3 is 7.60 Å². The summed E-state index contributed by atoms with van der Waals surface area (Å²) < 4.78 is 12.6. The summed E-state index contributed by atoms with van der Waals surface area (Å²) >= 11 is 0. The third-order valence-corrected chi connectivity index (χ3v) is 7.44. The van der Waals surface area contributed by atoms with E-state index in [1.807, 2.05) is 54.6 Å². The van der Waals surface area contributed by atoms with E-state index in [1.54, 1.807) is 24.3 Å². The molecular weight excluding hydrogens is 475 g/mol. The van der Waals surface area contributed by atoms with Gasteiger partial charge in [0.05, 0.1) is 0 Å². The highest BCUT2D eigenvalue weighted by Crippen LogP contribution is 2.53.